The van der Waals surface area contributed by atoms with E-state index in [9.17, 15) is 0 Å². The van der Waals surface area contributed by atoms with Crippen LogP contribution in [0.4, 0.5) is 0 Å². The highest BCUT2D eigenvalue weighted by atomic mass is 35.5. The van der Waals surface area contributed by atoms with Crippen LogP contribution in [0.2, 0.25) is 10.0 Å². The molecule has 18 heavy (non-hydrogen) atoms. The number of hydrogen-bond acceptors (Lipinski definition) is 2. The highest BCUT2D eigenvalue weighted by molar-refractivity contribution is 6.38. The molecule has 3 aromatic rings. The van der Waals surface area contributed by atoms with Gasteiger partial charge in [0.05, 0.1) is 15.9 Å². The summed E-state index contributed by atoms with van der Waals surface area (Å²) in [6.07, 6.45) is 1.82. The summed E-state index contributed by atoms with van der Waals surface area (Å²) in [4.78, 5) is 4.50. The summed E-state index contributed by atoms with van der Waals surface area (Å²) in [7, 11) is 0. The highest BCUT2D eigenvalue weighted by Crippen LogP contribution is 2.24. The minimum atomic E-state index is 0.316. The van der Waals surface area contributed by atoms with Crippen molar-refractivity contribution in [2.75, 3.05) is 0 Å². The van der Waals surface area contributed by atoms with Crippen molar-refractivity contribution in [3.63, 3.8) is 0 Å². The van der Waals surface area contributed by atoms with Gasteiger partial charge in [0.1, 0.15) is 11.1 Å². The average molecular weight is 278 g/mol. The van der Waals surface area contributed by atoms with Crippen molar-refractivity contribution in [2.45, 2.75) is 6.92 Å². The largest absolute Gasteiger partial charge is 0.286 e. The number of rotatable bonds is 0. The van der Waals surface area contributed by atoms with Crippen molar-refractivity contribution in [3.05, 3.63) is 51.6 Å². The van der Waals surface area contributed by atoms with Crippen LogP contribution in [-0.4, -0.2) is 9.38 Å². The van der Waals surface area contributed by atoms with Crippen molar-refractivity contribution in [3.8, 4) is 0 Å². The van der Waals surface area contributed by atoms with E-state index in [0.717, 1.165) is 5.56 Å². The van der Waals surface area contributed by atoms with Gasteiger partial charge in [-0.3, -0.25) is 9.81 Å². The van der Waals surface area contributed by atoms with Crippen LogP contribution in [0.25, 0.3) is 16.6 Å². The molecule has 0 amide bonds. The van der Waals surface area contributed by atoms with E-state index in [1.54, 1.807) is 16.5 Å². The molecule has 0 aliphatic rings. The summed E-state index contributed by atoms with van der Waals surface area (Å²) >= 11 is 12.1. The predicted octanol–water partition coefficient (Wildman–Crippen LogP) is 3.58. The zero-order valence-electron chi connectivity index (χ0n) is 9.54. The molecule has 0 bridgehead atoms. The Kier molecular flexibility index (Phi) is 2.54. The normalized spacial score (nSPS) is 11.3. The van der Waals surface area contributed by atoms with Crippen molar-refractivity contribution in [2.24, 2.45) is 0 Å². The number of fused-ring (bicyclic) bond motifs is 2. The van der Waals surface area contributed by atoms with Crippen LogP contribution < -0.4 is 5.49 Å². The molecule has 0 radical (unpaired) electrons. The second-order valence-electron chi connectivity index (χ2n) is 4.17. The van der Waals surface area contributed by atoms with E-state index in [0.29, 0.717) is 32.1 Å². The Morgan fingerprint density at radius 2 is 2.00 bits per heavy atom. The molecular weight excluding hydrogens is 269 g/mol. The fourth-order valence-corrected chi connectivity index (χ4v) is 2.56. The van der Waals surface area contributed by atoms with Crippen molar-refractivity contribution in [1.29, 1.82) is 5.41 Å². The Balaban J connectivity index is 2.61. The van der Waals surface area contributed by atoms with Crippen molar-refractivity contribution < 1.29 is 0 Å². The second kappa shape index (κ2) is 3.97. The number of halogens is 2. The lowest BCUT2D eigenvalue weighted by atomic mass is 10.2. The molecule has 0 aliphatic carbocycles. The smallest absolute Gasteiger partial charge is 0.141 e. The van der Waals surface area contributed by atoms with Gasteiger partial charge in [-0.05, 0) is 36.8 Å². The average Bonchev–Trinajstić information content (AvgIpc) is 2.27. The third-order valence-corrected chi connectivity index (χ3v) is 3.35. The first kappa shape index (κ1) is 11.5. The summed E-state index contributed by atoms with van der Waals surface area (Å²) in [5, 5.41) is 9.80. The quantitative estimate of drug-likeness (QED) is 0.627. The third kappa shape index (κ3) is 1.67. The first-order valence-electron chi connectivity index (χ1n) is 5.38. The molecule has 90 valence electrons. The van der Waals surface area contributed by atoms with Crippen LogP contribution in [0.3, 0.4) is 0 Å². The second-order valence-corrected chi connectivity index (χ2v) is 5.02. The van der Waals surface area contributed by atoms with Gasteiger partial charge in [0.15, 0.2) is 0 Å². The third-order valence-electron chi connectivity index (χ3n) is 2.84. The van der Waals surface area contributed by atoms with Gasteiger partial charge in [0, 0.05) is 11.2 Å². The van der Waals surface area contributed by atoms with Crippen LogP contribution in [0.5, 0.6) is 0 Å². The molecule has 0 aliphatic heterocycles. The zero-order chi connectivity index (χ0) is 12.9. The lowest BCUT2D eigenvalue weighted by molar-refractivity contribution is 0.998. The molecule has 3 nitrogen and oxygen atoms in total. The Morgan fingerprint density at radius 3 is 2.78 bits per heavy atom. The Hall–Kier alpha value is -1.58. The number of aryl methyl sites for hydroxylation is 1. The van der Waals surface area contributed by atoms with Crippen LogP contribution in [0, 0.1) is 12.3 Å². The fourth-order valence-electron chi connectivity index (χ4n) is 1.99. The molecule has 0 atom stereocenters. The number of nitrogens with zero attached hydrogens (tertiary/aromatic N) is 2. The first-order valence-corrected chi connectivity index (χ1v) is 6.14. The molecule has 5 heteroatoms. The monoisotopic (exact) mass is 277 g/mol. The van der Waals surface area contributed by atoms with Crippen molar-refractivity contribution >= 4 is 39.8 Å². The lowest BCUT2D eigenvalue weighted by Gasteiger charge is -2.07. The lowest BCUT2D eigenvalue weighted by Crippen LogP contribution is -2.15. The van der Waals surface area contributed by atoms with Crippen LogP contribution in [0.1, 0.15) is 5.56 Å². The topological polar surface area (TPSA) is 41.2 Å². The van der Waals surface area contributed by atoms with Gasteiger partial charge >= 0.3 is 0 Å². The Labute approximate surface area is 113 Å². The van der Waals surface area contributed by atoms with E-state index in [-0.39, 0.29) is 0 Å². The van der Waals surface area contributed by atoms with Gasteiger partial charge in [-0.2, -0.15) is 0 Å². The summed E-state index contributed by atoms with van der Waals surface area (Å²) < 4.78 is 1.70. The van der Waals surface area contributed by atoms with Gasteiger partial charge in [0.2, 0.25) is 0 Å². The van der Waals surface area contributed by atoms with Crippen LogP contribution in [0.15, 0.2) is 30.5 Å². The summed E-state index contributed by atoms with van der Waals surface area (Å²) in [6.45, 7) is 1.99. The number of aromatic nitrogens is 2. The van der Waals surface area contributed by atoms with E-state index < -0.39 is 0 Å². The summed E-state index contributed by atoms with van der Waals surface area (Å²) in [5.74, 6) is 0. The summed E-state index contributed by atoms with van der Waals surface area (Å²) in [6, 6.07) is 7.21. The number of nitrogens with one attached hydrogen (secondary N) is 1. The van der Waals surface area contributed by atoms with Gasteiger partial charge in [-0.15, -0.1) is 0 Å². The number of pyridine rings is 1. The summed E-state index contributed by atoms with van der Waals surface area (Å²) in [5.41, 5.74) is 2.76. The van der Waals surface area contributed by atoms with Crippen molar-refractivity contribution in [1.82, 2.24) is 9.38 Å². The van der Waals surface area contributed by atoms with Gasteiger partial charge in [-0.1, -0.05) is 23.2 Å². The maximum atomic E-state index is 8.21. The molecule has 0 unspecified atom stereocenters. The van der Waals surface area contributed by atoms with Gasteiger partial charge < -0.3 is 0 Å². The highest BCUT2D eigenvalue weighted by Gasteiger charge is 2.08. The molecule has 2 aromatic heterocycles. The Bertz CT molecular complexity index is 837. The molecule has 0 saturated heterocycles. The molecule has 0 saturated carbocycles. The minimum Gasteiger partial charge on any atom is -0.286 e. The molecule has 1 aromatic carbocycles. The molecule has 0 spiro atoms. The molecule has 2 heterocycles. The standard InChI is InChI=1S/C13H9Cl2N3/c1-7-2-3-18-11(4-7)17-10-6-8(14)5-9(15)12(10)13(18)16/h2-6,16H,1H3. The maximum Gasteiger partial charge on any atom is 0.141 e. The van der Waals surface area contributed by atoms with Crippen LogP contribution in [-0.2, 0) is 0 Å². The molecule has 1 N–H and O–H groups in total. The zero-order valence-corrected chi connectivity index (χ0v) is 11.0. The number of hydrogen-bond donors (Lipinski definition) is 1. The predicted molar refractivity (Wildman–Crippen MR) is 73.3 cm³/mol. The van der Waals surface area contributed by atoms with E-state index in [2.05, 4.69) is 4.98 Å². The van der Waals surface area contributed by atoms with E-state index in [1.165, 1.54) is 0 Å². The molecular formula is C13H9Cl2N3. The number of benzene rings is 1. The molecule has 0 fully saturated rings. The maximum absolute atomic E-state index is 8.21. The van der Waals surface area contributed by atoms with Gasteiger partial charge in [0.25, 0.3) is 0 Å². The first-order chi connectivity index (χ1) is 8.56. The minimum absolute atomic E-state index is 0.316. The van der Waals surface area contributed by atoms with E-state index in [1.807, 2.05) is 25.3 Å². The Morgan fingerprint density at radius 1 is 1.22 bits per heavy atom. The van der Waals surface area contributed by atoms with E-state index in [4.69, 9.17) is 28.6 Å². The van der Waals surface area contributed by atoms with E-state index >= 15 is 0 Å². The fraction of sp³-hybridized carbons (Fsp3) is 0.0769. The molecule has 3 rings (SSSR count). The van der Waals surface area contributed by atoms with Crippen LogP contribution >= 0.6 is 23.2 Å². The SMILES string of the molecule is Cc1ccn2c(=N)c3c(Cl)cc(Cl)cc3nc2c1. The van der Waals surface area contributed by atoms with Gasteiger partial charge in [-0.25, -0.2) is 4.98 Å².